The number of rotatable bonds is 12. The SMILES string of the molecule is [C-]#[N+]CCOc1ncnc2c1ncn2CCNC(=O)/C=C/c1cn([C@H]2CC(O)[C@@H](COP(=O)(O)O)O2)c(=O)[nH]c1=O. The first kappa shape index (κ1) is 29.7. The summed E-state index contributed by atoms with van der Waals surface area (Å²) in [7, 11) is -4.80. The van der Waals surface area contributed by atoms with Crippen LogP contribution in [-0.2, 0) is 25.2 Å². The zero-order valence-electron chi connectivity index (χ0n) is 21.2. The maximum atomic E-state index is 12.4. The average Bonchev–Trinajstić information content (AvgIpc) is 3.50. The predicted octanol–water partition coefficient (Wildman–Crippen LogP) is -1.44. The van der Waals surface area contributed by atoms with Crippen LogP contribution < -0.4 is 21.3 Å². The number of phosphoric acid groups is 1. The number of H-pyrrole nitrogens is 1. The zero-order chi connectivity index (χ0) is 29.6. The zero-order valence-corrected chi connectivity index (χ0v) is 22.1. The molecule has 0 radical (unpaired) electrons. The van der Waals surface area contributed by atoms with E-state index in [0.29, 0.717) is 17.7 Å². The number of nitrogens with zero attached hydrogens (tertiary/aromatic N) is 6. The van der Waals surface area contributed by atoms with Gasteiger partial charge in [0.1, 0.15) is 18.7 Å². The van der Waals surface area contributed by atoms with Gasteiger partial charge in [-0.1, -0.05) is 0 Å². The van der Waals surface area contributed by atoms with Crippen molar-refractivity contribution in [3.05, 3.63) is 62.7 Å². The molecular weight excluding hydrogens is 567 g/mol. The fraction of sp³-hybridized carbons (Fsp3) is 0.409. The molecule has 218 valence electrons. The fourth-order valence-corrected chi connectivity index (χ4v) is 4.22. The number of imidazole rings is 1. The Hall–Kier alpha value is -4.24. The summed E-state index contributed by atoms with van der Waals surface area (Å²) in [6.07, 6.45) is 2.74. The first-order valence-corrected chi connectivity index (χ1v) is 13.6. The number of ether oxygens (including phenoxy) is 2. The van der Waals surface area contributed by atoms with E-state index in [1.165, 1.54) is 18.7 Å². The molecule has 1 amide bonds. The summed E-state index contributed by atoms with van der Waals surface area (Å²) >= 11 is 0. The number of amides is 1. The van der Waals surface area contributed by atoms with Crippen LogP contribution in [0.5, 0.6) is 5.88 Å². The number of phosphoric ester groups is 1. The number of aliphatic hydroxyl groups is 1. The molecule has 1 unspecified atom stereocenters. The molecule has 19 heteroatoms. The van der Waals surface area contributed by atoms with E-state index in [1.807, 2.05) is 0 Å². The van der Waals surface area contributed by atoms with E-state index in [-0.39, 0.29) is 37.6 Å². The van der Waals surface area contributed by atoms with Gasteiger partial charge >= 0.3 is 13.5 Å². The number of aromatic nitrogens is 6. The summed E-state index contributed by atoms with van der Waals surface area (Å²) in [5, 5.41) is 12.8. The van der Waals surface area contributed by atoms with Crippen LogP contribution in [0.2, 0.25) is 0 Å². The van der Waals surface area contributed by atoms with Crippen molar-refractivity contribution in [3.63, 3.8) is 0 Å². The fourth-order valence-electron chi connectivity index (χ4n) is 3.88. The van der Waals surface area contributed by atoms with Crippen LogP contribution in [-0.4, -0.2) is 88.4 Å². The lowest BCUT2D eigenvalue weighted by Gasteiger charge is -2.16. The molecule has 1 aliphatic rings. The lowest BCUT2D eigenvalue weighted by Crippen LogP contribution is -2.33. The lowest BCUT2D eigenvalue weighted by atomic mass is 10.2. The Morgan fingerprint density at radius 1 is 1.34 bits per heavy atom. The Kier molecular flexibility index (Phi) is 9.39. The summed E-state index contributed by atoms with van der Waals surface area (Å²) in [5.41, 5.74) is -0.782. The smallest absolute Gasteiger partial charge is 0.468 e. The molecule has 0 saturated carbocycles. The van der Waals surface area contributed by atoms with Gasteiger partial charge < -0.3 is 39.1 Å². The Balaban J connectivity index is 1.36. The Morgan fingerprint density at radius 3 is 2.90 bits per heavy atom. The summed E-state index contributed by atoms with van der Waals surface area (Å²) in [5.74, 6) is -0.287. The third-order valence-electron chi connectivity index (χ3n) is 5.79. The lowest BCUT2D eigenvalue weighted by molar-refractivity contribution is -0.116. The second-order valence-corrected chi connectivity index (χ2v) is 9.85. The first-order valence-electron chi connectivity index (χ1n) is 12.0. The highest BCUT2D eigenvalue weighted by atomic mass is 31.2. The van der Waals surface area contributed by atoms with Gasteiger partial charge in [-0.15, -0.1) is 0 Å². The quantitative estimate of drug-likeness (QED) is 0.0702. The van der Waals surface area contributed by atoms with Crippen LogP contribution in [0.1, 0.15) is 18.2 Å². The van der Waals surface area contributed by atoms with Crippen molar-refractivity contribution < 1.29 is 38.3 Å². The van der Waals surface area contributed by atoms with Gasteiger partial charge in [0.2, 0.25) is 18.3 Å². The second-order valence-electron chi connectivity index (χ2n) is 8.61. The molecule has 1 saturated heterocycles. The third kappa shape index (κ3) is 7.70. The molecule has 41 heavy (non-hydrogen) atoms. The minimum atomic E-state index is -4.80. The molecule has 4 heterocycles. The molecule has 1 fully saturated rings. The Labute approximate surface area is 230 Å². The largest absolute Gasteiger partial charge is 0.469 e. The van der Waals surface area contributed by atoms with Crippen molar-refractivity contribution in [2.24, 2.45) is 0 Å². The minimum Gasteiger partial charge on any atom is -0.468 e. The van der Waals surface area contributed by atoms with Crippen LogP contribution in [0.4, 0.5) is 0 Å². The number of carbonyl (C=O) groups excluding carboxylic acids is 1. The Morgan fingerprint density at radius 2 is 2.15 bits per heavy atom. The summed E-state index contributed by atoms with van der Waals surface area (Å²) < 4.78 is 28.9. The maximum absolute atomic E-state index is 12.4. The first-order chi connectivity index (χ1) is 19.6. The molecular formula is C22H25N8O10P. The van der Waals surface area contributed by atoms with Crippen LogP contribution >= 0.6 is 7.82 Å². The normalized spacial score (nSPS) is 19.0. The second kappa shape index (κ2) is 13.0. The van der Waals surface area contributed by atoms with Crippen LogP contribution in [0.25, 0.3) is 22.1 Å². The summed E-state index contributed by atoms with van der Waals surface area (Å²) in [6.45, 7) is 7.01. The number of aromatic amines is 1. The summed E-state index contributed by atoms with van der Waals surface area (Å²) in [4.78, 5) is 72.4. The predicted molar refractivity (Wildman–Crippen MR) is 138 cm³/mol. The highest BCUT2D eigenvalue weighted by molar-refractivity contribution is 7.46. The van der Waals surface area contributed by atoms with Crippen LogP contribution in [0.15, 0.2) is 34.5 Å². The number of hydrogen-bond donors (Lipinski definition) is 5. The molecule has 3 aromatic heterocycles. The molecule has 0 bridgehead atoms. The van der Waals surface area contributed by atoms with E-state index in [0.717, 1.165) is 16.8 Å². The molecule has 1 aliphatic heterocycles. The summed E-state index contributed by atoms with van der Waals surface area (Å²) in [6, 6.07) is 0. The number of fused-ring (bicyclic) bond motifs is 1. The molecule has 3 aromatic rings. The van der Waals surface area contributed by atoms with Crippen LogP contribution in [0, 0.1) is 6.57 Å². The van der Waals surface area contributed by atoms with Crippen LogP contribution in [0.3, 0.4) is 0 Å². The molecule has 0 spiro atoms. The molecule has 18 nitrogen and oxygen atoms in total. The molecule has 3 atom stereocenters. The van der Waals surface area contributed by atoms with Crippen molar-refractivity contribution >= 4 is 31.0 Å². The molecule has 4 rings (SSSR count). The third-order valence-corrected chi connectivity index (χ3v) is 6.28. The van der Waals surface area contributed by atoms with Crippen molar-refractivity contribution in [1.82, 2.24) is 34.4 Å². The number of carbonyl (C=O) groups is 1. The number of nitrogens with one attached hydrogen (secondary N) is 2. The van der Waals surface area contributed by atoms with Gasteiger partial charge in [0.25, 0.3) is 5.56 Å². The van der Waals surface area contributed by atoms with Crippen molar-refractivity contribution in [1.29, 1.82) is 0 Å². The maximum Gasteiger partial charge on any atom is 0.469 e. The van der Waals surface area contributed by atoms with E-state index in [4.69, 9.17) is 25.8 Å². The van der Waals surface area contributed by atoms with Crippen molar-refractivity contribution in [2.75, 3.05) is 26.3 Å². The Bertz CT molecular complexity index is 1640. The van der Waals surface area contributed by atoms with Gasteiger partial charge in [-0.05, 0) is 6.08 Å². The van der Waals surface area contributed by atoms with Crippen molar-refractivity contribution in [2.45, 2.75) is 31.4 Å². The van der Waals surface area contributed by atoms with Gasteiger partial charge in [0.05, 0.1) is 24.6 Å². The monoisotopic (exact) mass is 592 g/mol. The topological polar surface area (TPSA) is 237 Å². The van der Waals surface area contributed by atoms with E-state index >= 15 is 0 Å². The average molecular weight is 592 g/mol. The van der Waals surface area contributed by atoms with Gasteiger partial charge in [0, 0.05) is 31.8 Å². The van der Waals surface area contributed by atoms with Gasteiger partial charge in [-0.3, -0.25) is 23.7 Å². The molecule has 0 aromatic carbocycles. The van der Waals surface area contributed by atoms with E-state index in [2.05, 4.69) is 34.6 Å². The van der Waals surface area contributed by atoms with Gasteiger partial charge in [-0.2, -0.15) is 4.98 Å². The van der Waals surface area contributed by atoms with E-state index in [9.17, 15) is 24.1 Å². The van der Waals surface area contributed by atoms with Crippen molar-refractivity contribution in [3.8, 4) is 5.88 Å². The molecule has 5 N–H and O–H groups in total. The van der Waals surface area contributed by atoms with Gasteiger partial charge in [-0.25, -0.2) is 25.9 Å². The van der Waals surface area contributed by atoms with Gasteiger partial charge in [0.15, 0.2) is 17.8 Å². The number of aliphatic hydroxyl groups excluding tert-OH is 1. The molecule has 0 aliphatic carbocycles. The van der Waals surface area contributed by atoms with E-state index in [1.54, 1.807) is 4.57 Å². The van der Waals surface area contributed by atoms with E-state index < -0.39 is 50.0 Å². The number of hydrogen-bond acceptors (Lipinski definition) is 11. The standard InChI is InChI=1S/C22H25N8O10P/c1-23-5-7-38-21-18-19(25-11-26-21)29(12-27-18)6-4-24-16(32)3-2-13-9-30(22(34)28-20(13)33)17-8-14(31)15(40-17)10-39-41(35,36)37/h2-3,9,11-12,14-15,17,31H,4-8,10H2,(H,24,32)(H,28,33,34)(H2,35,36,37)/b3-2+/t14?,15-,17-/m1/s1. The highest BCUT2D eigenvalue weighted by Crippen LogP contribution is 2.38. The minimum absolute atomic E-state index is 0.0594. The highest BCUT2D eigenvalue weighted by Gasteiger charge is 2.37.